The summed E-state index contributed by atoms with van der Waals surface area (Å²) in [6.07, 6.45) is 0. The minimum Gasteiger partial charge on any atom is -0.206 e. The van der Waals surface area contributed by atoms with Crippen molar-refractivity contribution in [2.75, 3.05) is 0 Å². The highest BCUT2D eigenvalue weighted by Crippen LogP contribution is 2.29. The van der Waals surface area contributed by atoms with Crippen LogP contribution in [0, 0.1) is 5.82 Å². The zero-order valence-electron chi connectivity index (χ0n) is 11.0. The quantitative estimate of drug-likeness (QED) is 0.708. The third-order valence-electron chi connectivity index (χ3n) is 3.33. The molecular formula is C16H13FN2S. The Morgan fingerprint density at radius 1 is 1.10 bits per heavy atom. The molecule has 0 bridgehead atoms. The van der Waals surface area contributed by atoms with Gasteiger partial charge in [0.05, 0.1) is 0 Å². The molecular weight excluding hydrogens is 271 g/mol. The highest BCUT2D eigenvalue weighted by atomic mass is 32.1. The van der Waals surface area contributed by atoms with Gasteiger partial charge in [-0.05, 0) is 17.2 Å². The van der Waals surface area contributed by atoms with Gasteiger partial charge in [-0.15, -0.1) is 21.5 Å². The van der Waals surface area contributed by atoms with E-state index in [4.69, 9.17) is 0 Å². The first-order chi connectivity index (χ1) is 9.75. The van der Waals surface area contributed by atoms with E-state index in [1.54, 1.807) is 11.6 Å². The van der Waals surface area contributed by atoms with Crippen LogP contribution >= 0.6 is 11.3 Å². The summed E-state index contributed by atoms with van der Waals surface area (Å²) in [5, 5.41) is 8.78. The third-order valence-corrected chi connectivity index (χ3v) is 4.20. The zero-order chi connectivity index (χ0) is 13.9. The fraction of sp³-hybridized carbons (Fsp3) is 0.125. The van der Waals surface area contributed by atoms with E-state index in [0.717, 1.165) is 16.1 Å². The molecule has 1 unspecified atom stereocenters. The molecule has 2 aromatic carbocycles. The summed E-state index contributed by atoms with van der Waals surface area (Å²) in [6.45, 7) is 2.01. The molecule has 100 valence electrons. The van der Waals surface area contributed by atoms with Crippen LogP contribution < -0.4 is 0 Å². The first kappa shape index (κ1) is 12.9. The van der Waals surface area contributed by atoms with Crippen LogP contribution in [-0.4, -0.2) is 10.2 Å². The maximum absolute atomic E-state index is 14.3. The third kappa shape index (κ3) is 2.47. The summed E-state index contributed by atoms with van der Waals surface area (Å²) < 4.78 is 14.3. The molecule has 3 aromatic rings. The minimum atomic E-state index is -0.204. The van der Waals surface area contributed by atoms with E-state index >= 15 is 0 Å². The predicted octanol–water partition coefficient (Wildman–Crippen LogP) is 4.50. The monoisotopic (exact) mass is 284 g/mol. The lowest BCUT2D eigenvalue weighted by atomic mass is 9.97. The Morgan fingerprint density at radius 2 is 1.90 bits per heavy atom. The highest BCUT2D eigenvalue weighted by molar-refractivity contribution is 7.09. The zero-order valence-corrected chi connectivity index (χ0v) is 11.8. The van der Waals surface area contributed by atoms with Gasteiger partial charge in [-0.25, -0.2) is 4.39 Å². The number of hydrogen-bond acceptors (Lipinski definition) is 3. The Morgan fingerprint density at radius 3 is 2.55 bits per heavy atom. The molecule has 0 N–H and O–H groups in total. The van der Waals surface area contributed by atoms with Crippen LogP contribution in [0.15, 0.2) is 54.0 Å². The summed E-state index contributed by atoms with van der Waals surface area (Å²) in [4.78, 5) is 0. The first-order valence-corrected chi connectivity index (χ1v) is 7.24. The molecule has 20 heavy (non-hydrogen) atoms. The van der Waals surface area contributed by atoms with Crippen LogP contribution in [0.2, 0.25) is 0 Å². The van der Waals surface area contributed by atoms with Crippen molar-refractivity contribution < 1.29 is 4.39 Å². The van der Waals surface area contributed by atoms with Gasteiger partial charge in [0.25, 0.3) is 0 Å². The summed E-state index contributed by atoms with van der Waals surface area (Å²) >= 11 is 1.49. The number of halogens is 1. The second kappa shape index (κ2) is 5.51. The Bertz CT molecular complexity index is 696. The minimum absolute atomic E-state index is 0.0572. The van der Waals surface area contributed by atoms with Gasteiger partial charge in [0.1, 0.15) is 16.3 Å². The van der Waals surface area contributed by atoms with Gasteiger partial charge in [0.15, 0.2) is 0 Å². The van der Waals surface area contributed by atoms with E-state index in [1.807, 2.05) is 49.4 Å². The Kier molecular flexibility index (Phi) is 3.56. The van der Waals surface area contributed by atoms with Gasteiger partial charge in [0.2, 0.25) is 0 Å². The molecule has 0 amide bonds. The lowest BCUT2D eigenvalue weighted by Gasteiger charge is -2.10. The Labute approximate surface area is 120 Å². The van der Waals surface area contributed by atoms with E-state index in [9.17, 15) is 4.39 Å². The largest absolute Gasteiger partial charge is 0.206 e. The van der Waals surface area contributed by atoms with E-state index in [-0.39, 0.29) is 11.7 Å². The maximum Gasteiger partial charge on any atom is 0.131 e. The number of aromatic nitrogens is 2. The molecule has 0 saturated heterocycles. The Balaban J connectivity index is 1.96. The average molecular weight is 284 g/mol. The van der Waals surface area contributed by atoms with Crippen LogP contribution in [0.5, 0.6) is 0 Å². The summed E-state index contributed by atoms with van der Waals surface area (Å²) in [7, 11) is 0. The van der Waals surface area contributed by atoms with Gasteiger partial charge in [0, 0.05) is 11.5 Å². The molecule has 0 aliphatic carbocycles. The van der Waals surface area contributed by atoms with Crippen molar-refractivity contribution in [1.82, 2.24) is 10.2 Å². The fourth-order valence-electron chi connectivity index (χ4n) is 2.17. The van der Waals surface area contributed by atoms with Crippen molar-refractivity contribution in [3.63, 3.8) is 0 Å². The fourth-order valence-corrected chi connectivity index (χ4v) is 2.80. The van der Waals surface area contributed by atoms with Crippen LogP contribution in [0.3, 0.4) is 0 Å². The molecule has 0 spiro atoms. The van der Waals surface area contributed by atoms with Gasteiger partial charge >= 0.3 is 0 Å². The molecule has 0 fully saturated rings. The topological polar surface area (TPSA) is 25.8 Å². The summed E-state index contributed by atoms with van der Waals surface area (Å²) in [5.41, 5.74) is 4.12. The van der Waals surface area contributed by atoms with Gasteiger partial charge in [-0.2, -0.15) is 0 Å². The number of benzene rings is 2. The molecule has 1 atom stereocenters. The lowest BCUT2D eigenvalue weighted by molar-refractivity contribution is 0.627. The SMILES string of the molecule is CC(c1ccc(-c2ccccc2)c(F)c1)c1nncs1. The van der Waals surface area contributed by atoms with Crippen molar-refractivity contribution in [2.45, 2.75) is 12.8 Å². The molecule has 1 aromatic heterocycles. The van der Waals surface area contributed by atoms with E-state index in [0.29, 0.717) is 5.56 Å². The van der Waals surface area contributed by atoms with Gasteiger partial charge in [-0.1, -0.05) is 49.4 Å². The second-order valence-corrected chi connectivity index (χ2v) is 5.47. The predicted molar refractivity (Wildman–Crippen MR) is 79.3 cm³/mol. The van der Waals surface area contributed by atoms with Gasteiger partial charge < -0.3 is 0 Å². The highest BCUT2D eigenvalue weighted by Gasteiger charge is 2.14. The van der Waals surface area contributed by atoms with Crippen molar-refractivity contribution in [3.05, 3.63) is 70.4 Å². The normalized spacial score (nSPS) is 12.3. The van der Waals surface area contributed by atoms with Crippen LogP contribution in [0.1, 0.15) is 23.4 Å². The first-order valence-electron chi connectivity index (χ1n) is 6.36. The van der Waals surface area contributed by atoms with Crippen molar-refractivity contribution >= 4 is 11.3 Å². The smallest absolute Gasteiger partial charge is 0.131 e. The van der Waals surface area contributed by atoms with E-state index in [1.165, 1.54) is 11.3 Å². The second-order valence-electron chi connectivity index (χ2n) is 4.60. The number of hydrogen-bond donors (Lipinski definition) is 0. The van der Waals surface area contributed by atoms with Crippen LogP contribution in [0.4, 0.5) is 4.39 Å². The standard InChI is InChI=1S/C16H13FN2S/c1-11(16-19-18-10-20-16)13-7-8-14(15(17)9-13)12-5-3-2-4-6-12/h2-11H,1H3. The number of nitrogens with zero attached hydrogens (tertiary/aromatic N) is 2. The molecule has 3 rings (SSSR count). The maximum atomic E-state index is 14.3. The molecule has 1 heterocycles. The van der Waals surface area contributed by atoms with Crippen LogP contribution in [-0.2, 0) is 0 Å². The van der Waals surface area contributed by atoms with E-state index in [2.05, 4.69) is 10.2 Å². The summed E-state index contributed by atoms with van der Waals surface area (Å²) in [6, 6.07) is 14.9. The van der Waals surface area contributed by atoms with Crippen molar-refractivity contribution in [2.24, 2.45) is 0 Å². The molecule has 0 aliphatic heterocycles. The molecule has 0 radical (unpaired) electrons. The molecule has 0 aliphatic rings. The summed E-state index contributed by atoms with van der Waals surface area (Å²) in [5.74, 6) is -0.146. The molecule has 4 heteroatoms. The van der Waals surface area contributed by atoms with Gasteiger partial charge in [-0.3, -0.25) is 0 Å². The number of rotatable bonds is 3. The van der Waals surface area contributed by atoms with Crippen LogP contribution in [0.25, 0.3) is 11.1 Å². The molecule has 0 saturated carbocycles. The Hall–Kier alpha value is -2.07. The van der Waals surface area contributed by atoms with E-state index < -0.39 is 0 Å². The van der Waals surface area contributed by atoms with Crippen molar-refractivity contribution in [1.29, 1.82) is 0 Å². The average Bonchev–Trinajstić information content (AvgIpc) is 3.01. The molecule has 2 nitrogen and oxygen atoms in total. The van der Waals surface area contributed by atoms with Crippen molar-refractivity contribution in [3.8, 4) is 11.1 Å². The lowest BCUT2D eigenvalue weighted by Crippen LogP contribution is -1.97.